The van der Waals surface area contributed by atoms with E-state index in [4.69, 9.17) is 0 Å². The van der Waals surface area contributed by atoms with E-state index in [0.29, 0.717) is 16.5 Å². The van der Waals surface area contributed by atoms with Crippen LogP contribution in [0.15, 0.2) is 93.8 Å². The van der Waals surface area contributed by atoms with Crippen molar-refractivity contribution in [3.8, 4) is 11.4 Å². The van der Waals surface area contributed by atoms with Crippen LogP contribution in [0.2, 0.25) is 0 Å². The third-order valence-corrected chi connectivity index (χ3v) is 6.52. The molecule has 0 aliphatic heterocycles. The maximum absolute atomic E-state index is 14.1. The van der Waals surface area contributed by atoms with Gasteiger partial charge >= 0.3 is 0 Å². The molecule has 0 atom stereocenters. The van der Waals surface area contributed by atoms with Crippen molar-refractivity contribution in [2.24, 2.45) is 7.05 Å². The first kappa shape index (κ1) is 21.1. The molecule has 0 unspecified atom stereocenters. The molecule has 31 heavy (non-hydrogen) atoms. The topological polar surface area (TPSA) is 59.8 Å². The summed E-state index contributed by atoms with van der Waals surface area (Å²) in [6.07, 6.45) is 0. The van der Waals surface area contributed by atoms with E-state index in [1.165, 1.54) is 17.8 Å². The molecular weight excluding hydrogens is 431 g/mol. The minimum atomic E-state index is -0.361. The Morgan fingerprint density at radius 2 is 1.68 bits per heavy atom. The van der Waals surface area contributed by atoms with Gasteiger partial charge in [0.05, 0.1) is 17.0 Å². The van der Waals surface area contributed by atoms with Gasteiger partial charge in [-0.2, -0.15) is 0 Å². The molecule has 0 aliphatic carbocycles. The number of benzene rings is 3. The van der Waals surface area contributed by atoms with Gasteiger partial charge in [-0.25, -0.2) is 4.39 Å². The molecule has 0 fully saturated rings. The minimum Gasteiger partial charge on any atom is -0.324 e. The Hall–Kier alpha value is -3.10. The van der Waals surface area contributed by atoms with E-state index in [1.807, 2.05) is 54.6 Å². The summed E-state index contributed by atoms with van der Waals surface area (Å²) in [5, 5.41) is 11.7. The summed E-state index contributed by atoms with van der Waals surface area (Å²) in [6.45, 7) is 0. The molecule has 1 amide bonds. The first-order valence-corrected chi connectivity index (χ1v) is 11.3. The number of carbonyl (C=O) groups is 1. The normalized spacial score (nSPS) is 10.8. The number of hydrogen-bond donors (Lipinski definition) is 1. The smallest absolute Gasteiger partial charge is 0.234 e. The third-order valence-electron chi connectivity index (χ3n) is 4.41. The van der Waals surface area contributed by atoms with Crippen molar-refractivity contribution < 1.29 is 9.18 Å². The largest absolute Gasteiger partial charge is 0.324 e. The summed E-state index contributed by atoms with van der Waals surface area (Å²) in [4.78, 5) is 14.6. The fourth-order valence-electron chi connectivity index (χ4n) is 2.91. The lowest BCUT2D eigenvalue weighted by molar-refractivity contribution is -0.113. The second-order valence-corrected chi connectivity index (χ2v) is 8.65. The monoisotopic (exact) mass is 450 g/mol. The van der Waals surface area contributed by atoms with Gasteiger partial charge in [-0.15, -0.1) is 10.2 Å². The molecular formula is C23H19FN4OS2. The van der Waals surface area contributed by atoms with E-state index in [-0.39, 0.29) is 17.5 Å². The highest BCUT2D eigenvalue weighted by Gasteiger charge is 2.16. The van der Waals surface area contributed by atoms with Gasteiger partial charge in [0, 0.05) is 16.8 Å². The number of aromatic nitrogens is 3. The highest BCUT2D eigenvalue weighted by atomic mass is 32.2. The SMILES string of the molecule is Cn1c(SCC(=O)Nc2ccccc2Sc2ccccc2)nnc1-c1ccccc1F. The zero-order valence-corrected chi connectivity index (χ0v) is 18.3. The molecule has 4 aromatic rings. The van der Waals surface area contributed by atoms with Gasteiger partial charge in [0.1, 0.15) is 5.82 Å². The van der Waals surface area contributed by atoms with Crippen LogP contribution in [0.1, 0.15) is 0 Å². The van der Waals surface area contributed by atoms with Crippen LogP contribution in [0.4, 0.5) is 10.1 Å². The zero-order valence-electron chi connectivity index (χ0n) is 16.7. The lowest BCUT2D eigenvalue weighted by Gasteiger charge is -2.10. The van der Waals surface area contributed by atoms with Crippen LogP contribution in [0.3, 0.4) is 0 Å². The molecule has 0 spiro atoms. The number of thioether (sulfide) groups is 1. The van der Waals surface area contributed by atoms with Gasteiger partial charge < -0.3 is 9.88 Å². The molecule has 0 saturated heterocycles. The Balaban J connectivity index is 1.41. The Morgan fingerprint density at radius 3 is 2.48 bits per heavy atom. The van der Waals surface area contributed by atoms with Crippen molar-refractivity contribution in [2.75, 3.05) is 11.1 Å². The van der Waals surface area contributed by atoms with Crippen molar-refractivity contribution in [1.82, 2.24) is 14.8 Å². The van der Waals surface area contributed by atoms with Crippen LogP contribution in [0, 0.1) is 5.82 Å². The van der Waals surface area contributed by atoms with Crippen molar-refractivity contribution in [3.05, 3.63) is 84.7 Å². The highest BCUT2D eigenvalue weighted by molar-refractivity contribution is 8.00. The van der Waals surface area contributed by atoms with Crippen LogP contribution in [-0.2, 0) is 11.8 Å². The summed E-state index contributed by atoms with van der Waals surface area (Å²) < 4.78 is 15.8. The maximum Gasteiger partial charge on any atom is 0.234 e. The van der Waals surface area contributed by atoms with Gasteiger partial charge in [-0.05, 0) is 36.4 Å². The number of rotatable bonds is 7. The standard InChI is InChI=1S/C23H19FN4OS2/c1-28-22(17-11-5-6-12-18(17)24)26-27-23(28)30-15-21(29)25-19-13-7-8-14-20(19)31-16-9-3-2-4-10-16/h2-14H,15H2,1H3,(H,25,29). The van der Waals surface area contributed by atoms with Gasteiger partial charge in [-0.1, -0.05) is 66.0 Å². The number of carbonyl (C=O) groups excluding carboxylic acids is 1. The Labute approximate surface area is 188 Å². The molecule has 8 heteroatoms. The van der Waals surface area contributed by atoms with Crippen LogP contribution in [0.25, 0.3) is 11.4 Å². The Morgan fingerprint density at radius 1 is 0.968 bits per heavy atom. The maximum atomic E-state index is 14.1. The van der Waals surface area contributed by atoms with Gasteiger partial charge in [0.2, 0.25) is 5.91 Å². The number of amides is 1. The number of nitrogens with zero attached hydrogens (tertiary/aromatic N) is 3. The first-order valence-electron chi connectivity index (χ1n) is 9.50. The number of anilines is 1. The van der Waals surface area contributed by atoms with Crippen LogP contribution in [-0.4, -0.2) is 26.4 Å². The van der Waals surface area contributed by atoms with Crippen LogP contribution >= 0.6 is 23.5 Å². The van der Waals surface area contributed by atoms with Crippen molar-refractivity contribution in [1.29, 1.82) is 0 Å². The lowest BCUT2D eigenvalue weighted by Crippen LogP contribution is -2.15. The molecule has 5 nitrogen and oxygen atoms in total. The summed E-state index contributed by atoms with van der Waals surface area (Å²) in [6, 6.07) is 24.1. The van der Waals surface area contributed by atoms with E-state index in [9.17, 15) is 9.18 Å². The minimum absolute atomic E-state index is 0.151. The van der Waals surface area contributed by atoms with Gasteiger partial charge in [0.15, 0.2) is 11.0 Å². The molecule has 1 heterocycles. The molecule has 1 N–H and O–H groups in total. The average Bonchev–Trinajstić information content (AvgIpc) is 3.15. The Kier molecular flexibility index (Phi) is 6.69. The molecule has 3 aromatic carbocycles. The number of halogens is 1. The molecule has 156 valence electrons. The molecule has 0 aliphatic rings. The molecule has 4 rings (SSSR count). The highest BCUT2D eigenvalue weighted by Crippen LogP contribution is 2.33. The Bertz CT molecular complexity index is 1200. The van der Waals surface area contributed by atoms with Crippen LogP contribution < -0.4 is 5.32 Å². The summed E-state index contributed by atoms with van der Waals surface area (Å²) >= 11 is 2.85. The first-order chi connectivity index (χ1) is 15.1. The molecule has 1 aromatic heterocycles. The summed E-state index contributed by atoms with van der Waals surface area (Å²) in [5.41, 5.74) is 1.13. The quantitative estimate of drug-likeness (QED) is 0.377. The van der Waals surface area contributed by atoms with E-state index in [2.05, 4.69) is 15.5 Å². The van der Waals surface area contributed by atoms with E-state index in [1.54, 1.807) is 41.6 Å². The number of hydrogen-bond acceptors (Lipinski definition) is 5. The average molecular weight is 451 g/mol. The van der Waals surface area contributed by atoms with E-state index < -0.39 is 0 Å². The zero-order chi connectivity index (χ0) is 21.6. The fourth-order valence-corrected chi connectivity index (χ4v) is 4.54. The van der Waals surface area contributed by atoms with Crippen LogP contribution in [0.5, 0.6) is 0 Å². The number of nitrogens with one attached hydrogen (secondary N) is 1. The second-order valence-electron chi connectivity index (χ2n) is 6.59. The molecule has 0 bridgehead atoms. The summed E-state index contributed by atoms with van der Waals surface area (Å²) in [7, 11) is 1.76. The van der Waals surface area contributed by atoms with Crippen molar-refractivity contribution >= 4 is 35.1 Å². The second kappa shape index (κ2) is 9.80. The molecule has 0 radical (unpaired) electrons. The van der Waals surface area contributed by atoms with Gasteiger partial charge in [-0.3, -0.25) is 4.79 Å². The number of para-hydroxylation sites is 1. The van der Waals surface area contributed by atoms with E-state index >= 15 is 0 Å². The third kappa shape index (κ3) is 5.15. The molecule has 0 saturated carbocycles. The predicted octanol–water partition coefficient (Wildman–Crippen LogP) is 5.50. The predicted molar refractivity (Wildman–Crippen MR) is 123 cm³/mol. The van der Waals surface area contributed by atoms with Gasteiger partial charge in [0.25, 0.3) is 0 Å². The van der Waals surface area contributed by atoms with Crippen molar-refractivity contribution in [2.45, 2.75) is 14.9 Å². The lowest BCUT2D eigenvalue weighted by atomic mass is 10.2. The van der Waals surface area contributed by atoms with E-state index in [0.717, 1.165) is 15.5 Å². The van der Waals surface area contributed by atoms with Crippen molar-refractivity contribution in [3.63, 3.8) is 0 Å². The fraction of sp³-hybridized carbons (Fsp3) is 0.0870. The summed E-state index contributed by atoms with van der Waals surface area (Å²) in [5.74, 6) is 0.0695.